The number of aliphatic hydroxyl groups excluding tert-OH is 1. The number of thiophene rings is 1. The average molecular weight is 332 g/mol. The molecule has 2 rings (SSSR count). The first kappa shape index (κ1) is 16.3. The van der Waals surface area contributed by atoms with E-state index in [0.29, 0.717) is 29.4 Å². The average Bonchev–Trinajstić information content (AvgIpc) is 3.01. The Kier molecular flexibility index (Phi) is 4.60. The minimum Gasteiger partial charge on any atom is -0.396 e. The zero-order chi connectivity index (χ0) is 15.8. The van der Waals surface area contributed by atoms with E-state index in [4.69, 9.17) is 5.73 Å². The SMILES string of the molecule is CCC(=O)c1sc(N2CCC(O)C2)c(S(=O)(=O)CC)c1N. The van der Waals surface area contributed by atoms with Gasteiger partial charge in [-0.25, -0.2) is 8.42 Å². The third-order valence-corrected chi connectivity index (χ3v) is 6.83. The quantitative estimate of drug-likeness (QED) is 0.788. The smallest absolute Gasteiger partial charge is 0.183 e. The van der Waals surface area contributed by atoms with E-state index in [1.165, 1.54) is 0 Å². The first-order valence-corrected chi connectivity index (χ1v) is 9.39. The van der Waals surface area contributed by atoms with Gasteiger partial charge in [-0.3, -0.25) is 4.79 Å². The summed E-state index contributed by atoms with van der Waals surface area (Å²) >= 11 is 1.12. The Hall–Kier alpha value is -1.12. The van der Waals surface area contributed by atoms with E-state index < -0.39 is 15.9 Å². The highest BCUT2D eigenvalue weighted by Gasteiger charge is 2.33. The number of hydrogen-bond acceptors (Lipinski definition) is 7. The summed E-state index contributed by atoms with van der Waals surface area (Å²) in [4.78, 5) is 14.1. The zero-order valence-electron chi connectivity index (χ0n) is 12.1. The maximum absolute atomic E-state index is 12.3. The molecule has 8 heteroatoms. The molecule has 0 saturated carbocycles. The van der Waals surface area contributed by atoms with Gasteiger partial charge in [-0.1, -0.05) is 13.8 Å². The molecule has 6 nitrogen and oxygen atoms in total. The number of carbonyl (C=O) groups excluding carboxylic acids is 1. The number of ketones is 1. The molecule has 0 aliphatic carbocycles. The molecule has 0 bridgehead atoms. The highest BCUT2D eigenvalue weighted by atomic mass is 32.2. The monoisotopic (exact) mass is 332 g/mol. The summed E-state index contributed by atoms with van der Waals surface area (Å²) < 4.78 is 24.7. The number of sulfone groups is 1. The molecule has 1 atom stereocenters. The van der Waals surface area contributed by atoms with Crippen molar-refractivity contribution in [3.63, 3.8) is 0 Å². The van der Waals surface area contributed by atoms with Gasteiger partial charge in [-0.2, -0.15) is 0 Å². The number of nitrogen functional groups attached to an aromatic ring is 1. The largest absolute Gasteiger partial charge is 0.396 e. The number of aliphatic hydroxyl groups is 1. The Morgan fingerprint density at radius 1 is 1.48 bits per heavy atom. The van der Waals surface area contributed by atoms with Crippen LogP contribution < -0.4 is 10.6 Å². The topological polar surface area (TPSA) is 101 Å². The molecular weight excluding hydrogens is 312 g/mol. The van der Waals surface area contributed by atoms with Gasteiger partial charge in [0.25, 0.3) is 0 Å². The molecule has 1 aliphatic heterocycles. The highest BCUT2D eigenvalue weighted by Crippen LogP contribution is 2.43. The van der Waals surface area contributed by atoms with Crippen LogP contribution in [0, 0.1) is 0 Å². The van der Waals surface area contributed by atoms with Crippen molar-refractivity contribution in [3.8, 4) is 0 Å². The van der Waals surface area contributed by atoms with Crippen molar-refractivity contribution in [1.82, 2.24) is 0 Å². The maximum atomic E-state index is 12.3. The predicted octanol–water partition coefficient (Wildman–Crippen LogP) is 1.29. The normalized spacial score (nSPS) is 19.2. The van der Waals surface area contributed by atoms with Crippen LogP contribution in [0.4, 0.5) is 10.7 Å². The molecule has 21 heavy (non-hydrogen) atoms. The van der Waals surface area contributed by atoms with E-state index in [1.54, 1.807) is 18.7 Å². The van der Waals surface area contributed by atoms with Crippen LogP contribution in [0.2, 0.25) is 0 Å². The van der Waals surface area contributed by atoms with Crippen LogP contribution in [0.1, 0.15) is 36.4 Å². The molecule has 2 heterocycles. The Balaban J connectivity index is 2.60. The number of anilines is 2. The van der Waals surface area contributed by atoms with Gasteiger partial charge in [-0.05, 0) is 6.42 Å². The minimum absolute atomic E-state index is 0.0564. The third kappa shape index (κ3) is 2.93. The summed E-state index contributed by atoms with van der Waals surface area (Å²) in [6.07, 6.45) is 0.384. The minimum atomic E-state index is -3.53. The zero-order valence-corrected chi connectivity index (χ0v) is 13.8. The van der Waals surface area contributed by atoms with Gasteiger partial charge in [-0.15, -0.1) is 11.3 Å². The van der Waals surface area contributed by atoms with Crippen molar-refractivity contribution in [1.29, 1.82) is 0 Å². The van der Waals surface area contributed by atoms with E-state index in [2.05, 4.69) is 0 Å². The van der Waals surface area contributed by atoms with Gasteiger partial charge in [0, 0.05) is 19.5 Å². The van der Waals surface area contributed by atoms with E-state index >= 15 is 0 Å². The van der Waals surface area contributed by atoms with Gasteiger partial charge in [0.15, 0.2) is 15.6 Å². The number of Topliss-reactive ketones (excluding diaryl/α,β-unsaturated/α-hetero) is 1. The molecule has 3 N–H and O–H groups in total. The van der Waals surface area contributed by atoms with E-state index in [1.807, 2.05) is 0 Å². The molecular formula is C13H20N2O4S2. The van der Waals surface area contributed by atoms with Crippen molar-refractivity contribution in [2.75, 3.05) is 29.5 Å². The van der Waals surface area contributed by atoms with Crippen molar-refractivity contribution in [2.45, 2.75) is 37.7 Å². The molecule has 1 aromatic rings. The highest BCUT2D eigenvalue weighted by molar-refractivity contribution is 7.92. The summed E-state index contributed by atoms with van der Waals surface area (Å²) in [5.41, 5.74) is 6.03. The van der Waals surface area contributed by atoms with Crippen LogP contribution >= 0.6 is 11.3 Å². The summed E-state index contributed by atoms with van der Waals surface area (Å²) in [7, 11) is -3.53. The standard InChI is InChI=1S/C13H20N2O4S2/c1-3-9(17)11-10(14)12(21(18,19)4-2)13(20-11)15-6-5-8(16)7-15/h8,16H,3-7,14H2,1-2H3. The van der Waals surface area contributed by atoms with Gasteiger partial charge in [0.05, 0.1) is 22.4 Å². The van der Waals surface area contributed by atoms with E-state index in [9.17, 15) is 18.3 Å². The first-order valence-electron chi connectivity index (χ1n) is 6.93. The third-order valence-electron chi connectivity index (χ3n) is 3.60. The van der Waals surface area contributed by atoms with Crippen LogP contribution in [-0.2, 0) is 9.84 Å². The second-order valence-corrected chi connectivity index (χ2v) is 8.26. The Morgan fingerprint density at radius 3 is 2.62 bits per heavy atom. The molecule has 1 saturated heterocycles. The van der Waals surface area contributed by atoms with Gasteiger partial charge in [0.1, 0.15) is 9.90 Å². The lowest BCUT2D eigenvalue weighted by Crippen LogP contribution is -2.22. The van der Waals surface area contributed by atoms with E-state index in [-0.39, 0.29) is 28.5 Å². The molecule has 1 aromatic heterocycles. The van der Waals surface area contributed by atoms with Gasteiger partial charge < -0.3 is 15.7 Å². The molecule has 1 aliphatic rings. The summed E-state index contributed by atoms with van der Waals surface area (Å²) in [5.74, 6) is -0.229. The second kappa shape index (κ2) is 5.94. The van der Waals surface area contributed by atoms with Crippen molar-refractivity contribution < 1.29 is 18.3 Å². The van der Waals surface area contributed by atoms with Gasteiger partial charge in [0.2, 0.25) is 0 Å². The fourth-order valence-electron chi connectivity index (χ4n) is 2.36. The first-order chi connectivity index (χ1) is 9.81. The number of nitrogens with two attached hydrogens (primary N) is 1. The number of hydrogen-bond donors (Lipinski definition) is 2. The Labute approximate surface area is 128 Å². The molecule has 0 radical (unpaired) electrons. The predicted molar refractivity (Wildman–Crippen MR) is 83.9 cm³/mol. The molecule has 1 unspecified atom stereocenters. The van der Waals surface area contributed by atoms with Crippen molar-refractivity contribution >= 4 is 37.6 Å². The van der Waals surface area contributed by atoms with Crippen molar-refractivity contribution in [2.24, 2.45) is 0 Å². The van der Waals surface area contributed by atoms with Crippen LogP contribution in [0.25, 0.3) is 0 Å². The van der Waals surface area contributed by atoms with Crippen LogP contribution in [0.5, 0.6) is 0 Å². The van der Waals surface area contributed by atoms with E-state index in [0.717, 1.165) is 11.3 Å². The molecule has 118 valence electrons. The fraction of sp³-hybridized carbons (Fsp3) is 0.615. The number of nitrogens with zero attached hydrogens (tertiary/aromatic N) is 1. The molecule has 0 amide bonds. The summed E-state index contributed by atoms with van der Waals surface area (Å²) in [6.45, 7) is 4.20. The summed E-state index contributed by atoms with van der Waals surface area (Å²) in [6, 6.07) is 0. The number of rotatable bonds is 5. The maximum Gasteiger partial charge on any atom is 0.183 e. The lowest BCUT2D eigenvalue weighted by molar-refractivity contribution is 0.0992. The van der Waals surface area contributed by atoms with Crippen LogP contribution in [0.15, 0.2) is 4.90 Å². The molecule has 1 fully saturated rings. The fourth-order valence-corrected chi connectivity index (χ4v) is 5.22. The number of carbonyl (C=O) groups is 1. The molecule has 0 aromatic carbocycles. The Morgan fingerprint density at radius 2 is 2.14 bits per heavy atom. The Bertz CT molecular complexity index is 651. The van der Waals surface area contributed by atoms with Crippen LogP contribution in [0.3, 0.4) is 0 Å². The molecule has 0 spiro atoms. The van der Waals surface area contributed by atoms with Crippen molar-refractivity contribution in [3.05, 3.63) is 4.88 Å². The lowest BCUT2D eigenvalue weighted by atomic mass is 10.2. The summed E-state index contributed by atoms with van der Waals surface area (Å²) in [5, 5.41) is 10.1. The van der Waals surface area contributed by atoms with Gasteiger partial charge >= 0.3 is 0 Å². The second-order valence-electron chi connectivity index (χ2n) is 5.05. The number of β-amino-alcohol motifs (C(OH)–C–C–N with tert-alkyl or cyclic N) is 1. The lowest BCUT2D eigenvalue weighted by Gasteiger charge is -2.17. The van der Waals surface area contributed by atoms with Crippen LogP contribution in [-0.4, -0.2) is 44.3 Å².